The van der Waals surface area contributed by atoms with Crippen molar-refractivity contribution in [1.29, 1.82) is 0 Å². The molecule has 1 amide bonds. The van der Waals surface area contributed by atoms with Gasteiger partial charge >= 0.3 is 0 Å². The first-order valence-corrected chi connectivity index (χ1v) is 12.6. The number of likely N-dealkylation sites (N-methyl/N-ethyl adjacent to an activating group) is 1. The van der Waals surface area contributed by atoms with Crippen molar-refractivity contribution in [2.75, 3.05) is 32.8 Å². The van der Waals surface area contributed by atoms with Crippen LogP contribution in [0.25, 0.3) is 11.4 Å². The first-order valence-electron chi connectivity index (χ1n) is 12.6. The van der Waals surface area contributed by atoms with Crippen molar-refractivity contribution in [2.24, 2.45) is 0 Å². The molecule has 1 N–H and O–H groups in total. The molecule has 0 bridgehead atoms. The number of nitrogens with zero attached hydrogens (tertiary/aromatic N) is 4. The molecule has 8 nitrogen and oxygen atoms in total. The Morgan fingerprint density at radius 3 is 2.49 bits per heavy atom. The maximum Gasteiger partial charge on any atom is 0.295 e. The third kappa shape index (κ3) is 4.89. The topological polar surface area (TPSA) is 87.4 Å². The summed E-state index contributed by atoms with van der Waals surface area (Å²) in [6.07, 6.45) is 3.53. The highest BCUT2D eigenvalue weighted by molar-refractivity contribution is 6.46. The predicted molar refractivity (Wildman–Crippen MR) is 144 cm³/mol. The van der Waals surface area contributed by atoms with Gasteiger partial charge in [-0.2, -0.15) is 0 Å². The second kappa shape index (κ2) is 11.0. The summed E-state index contributed by atoms with van der Waals surface area (Å²) >= 11 is 0. The van der Waals surface area contributed by atoms with Gasteiger partial charge in [-0.3, -0.25) is 9.59 Å². The smallest absolute Gasteiger partial charge is 0.295 e. The minimum absolute atomic E-state index is 0.0495. The van der Waals surface area contributed by atoms with Crippen LogP contribution in [0.15, 0.2) is 60.8 Å². The zero-order chi connectivity index (χ0) is 26.7. The molecule has 0 spiro atoms. The fourth-order valence-electron chi connectivity index (χ4n) is 4.82. The van der Waals surface area contributed by atoms with E-state index in [1.54, 1.807) is 23.1 Å². The second-order valence-corrected chi connectivity index (χ2v) is 9.12. The van der Waals surface area contributed by atoms with Crippen molar-refractivity contribution < 1.29 is 19.4 Å². The molecule has 1 unspecified atom stereocenters. The summed E-state index contributed by atoms with van der Waals surface area (Å²) in [4.78, 5) is 35.1. The highest BCUT2D eigenvalue weighted by Crippen LogP contribution is 2.40. The Morgan fingerprint density at radius 2 is 1.86 bits per heavy atom. The Kier molecular flexibility index (Phi) is 7.78. The molecule has 1 atom stereocenters. The maximum atomic E-state index is 13.4. The Labute approximate surface area is 217 Å². The van der Waals surface area contributed by atoms with Gasteiger partial charge in [0.05, 0.1) is 17.3 Å². The van der Waals surface area contributed by atoms with E-state index in [4.69, 9.17) is 4.74 Å². The molecule has 3 aromatic rings. The van der Waals surface area contributed by atoms with Gasteiger partial charge in [0.25, 0.3) is 11.7 Å². The highest BCUT2D eigenvalue weighted by atomic mass is 16.5. The number of imidazole rings is 1. The van der Waals surface area contributed by atoms with Crippen molar-refractivity contribution in [1.82, 2.24) is 19.2 Å². The number of carbonyl (C=O) groups is 2. The molecule has 1 aliphatic heterocycles. The van der Waals surface area contributed by atoms with Crippen LogP contribution < -0.4 is 4.74 Å². The molecule has 37 heavy (non-hydrogen) atoms. The monoisotopic (exact) mass is 502 g/mol. The number of hydrogen-bond acceptors (Lipinski definition) is 6. The zero-order valence-electron chi connectivity index (χ0n) is 21.9. The zero-order valence-corrected chi connectivity index (χ0v) is 21.9. The van der Waals surface area contributed by atoms with Gasteiger partial charge < -0.3 is 24.0 Å². The SMILES string of the molecule is C=CCOc1ccc(C2/C(=C(\O)c3nc4c(C)cccn4c3C)C(=O)C(=O)N2CCN(CC)CC)cc1. The van der Waals surface area contributed by atoms with Gasteiger partial charge in [-0.25, -0.2) is 4.98 Å². The lowest BCUT2D eigenvalue weighted by atomic mass is 9.96. The molecular formula is C29H34N4O4. The first-order chi connectivity index (χ1) is 17.8. The molecule has 0 aliphatic carbocycles. The normalized spacial score (nSPS) is 17.2. The number of carbonyl (C=O) groups excluding carboxylic acids is 2. The van der Waals surface area contributed by atoms with E-state index in [0.717, 1.165) is 18.7 Å². The summed E-state index contributed by atoms with van der Waals surface area (Å²) in [6, 6.07) is 10.3. The molecule has 1 aromatic carbocycles. The molecule has 2 aromatic heterocycles. The molecule has 1 fully saturated rings. The lowest BCUT2D eigenvalue weighted by Gasteiger charge is -2.28. The van der Waals surface area contributed by atoms with Crippen molar-refractivity contribution in [2.45, 2.75) is 33.7 Å². The number of benzene rings is 1. The predicted octanol–water partition coefficient (Wildman–Crippen LogP) is 4.28. The van der Waals surface area contributed by atoms with Crippen molar-refractivity contribution in [3.63, 3.8) is 0 Å². The molecule has 1 saturated heterocycles. The molecule has 3 heterocycles. The molecule has 0 radical (unpaired) electrons. The van der Waals surface area contributed by atoms with E-state index in [9.17, 15) is 14.7 Å². The number of amides is 1. The summed E-state index contributed by atoms with van der Waals surface area (Å²) in [5.74, 6) is -0.942. The number of fused-ring (bicyclic) bond motifs is 1. The summed E-state index contributed by atoms with van der Waals surface area (Å²) in [7, 11) is 0. The lowest BCUT2D eigenvalue weighted by Crippen LogP contribution is -2.38. The number of pyridine rings is 1. The minimum atomic E-state index is -0.741. The Morgan fingerprint density at radius 1 is 1.16 bits per heavy atom. The average Bonchev–Trinajstić information content (AvgIpc) is 3.38. The van der Waals surface area contributed by atoms with E-state index in [1.165, 1.54) is 0 Å². The maximum absolute atomic E-state index is 13.4. The summed E-state index contributed by atoms with van der Waals surface area (Å²) in [6.45, 7) is 14.6. The van der Waals surface area contributed by atoms with Crippen LogP contribution in [0.2, 0.25) is 0 Å². The largest absolute Gasteiger partial charge is 0.505 e. The molecule has 8 heteroatoms. The number of rotatable bonds is 10. The van der Waals surface area contributed by atoms with E-state index in [-0.39, 0.29) is 11.3 Å². The number of ether oxygens (including phenoxy) is 1. The molecule has 1 aliphatic rings. The van der Waals surface area contributed by atoms with Crippen LogP contribution in [0.3, 0.4) is 0 Å². The Hall–Kier alpha value is -3.91. The fourth-order valence-corrected chi connectivity index (χ4v) is 4.82. The van der Waals surface area contributed by atoms with Crippen molar-refractivity contribution >= 4 is 23.1 Å². The van der Waals surface area contributed by atoms with Gasteiger partial charge in [-0.1, -0.05) is 44.7 Å². The summed E-state index contributed by atoms with van der Waals surface area (Å²) < 4.78 is 7.48. The molecule has 4 rings (SSSR count). The van der Waals surface area contributed by atoms with E-state index >= 15 is 0 Å². The van der Waals surface area contributed by atoms with Gasteiger partial charge in [0.15, 0.2) is 5.76 Å². The van der Waals surface area contributed by atoms with Crippen LogP contribution >= 0.6 is 0 Å². The number of ketones is 1. The Bertz CT molecular complexity index is 1350. The van der Waals surface area contributed by atoms with Crippen LogP contribution in [0, 0.1) is 13.8 Å². The standard InChI is InChI=1S/C29H34N4O4/c1-6-18-37-22-13-11-21(12-14-22)25-23(27(35)29(36)33(25)17-16-31(7-2)8-3)26(34)24-20(5)32-15-9-10-19(4)28(32)30-24/h6,9-15,25,34H,1,7-8,16-18H2,2-5H3/b26-23+. The highest BCUT2D eigenvalue weighted by Gasteiger charge is 2.46. The number of Topliss-reactive ketones (excluding diaryl/α,β-unsaturated/α-hetero) is 1. The number of aliphatic hydroxyl groups is 1. The van der Waals surface area contributed by atoms with Crippen LogP contribution in [0.1, 0.15) is 42.4 Å². The van der Waals surface area contributed by atoms with Crippen LogP contribution in [-0.2, 0) is 9.59 Å². The molecular weight excluding hydrogens is 468 g/mol. The third-order valence-electron chi connectivity index (χ3n) is 6.96. The van der Waals surface area contributed by atoms with E-state index in [0.29, 0.717) is 48.0 Å². The summed E-state index contributed by atoms with van der Waals surface area (Å²) in [5, 5.41) is 11.5. The number of aliphatic hydroxyl groups excluding tert-OH is 1. The van der Waals surface area contributed by atoms with E-state index in [2.05, 4.69) is 30.3 Å². The number of aryl methyl sites for hydroxylation is 2. The number of aromatic nitrogens is 2. The minimum Gasteiger partial charge on any atom is -0.505 e. The number of likely N-dealkylation sites (tertiary alicyclic amines) is 1. The average molecular weight is 503 g/mol. The van der Waals surface area contributed by atoms with Gasteiger partial charge in [-0.05, 0) is 56.3 Å². The molecule has 194 valence electrons. The number of hydrogen-bond donors (Lipinski definition) is 1. The Balaban J connectivity index is 1.83. The molecule has 0 saturated carbocycles. The quantitative estimate of drug-likeness (QED) is 0.193. The van der Waals surface area contributed by atoms with Crippen molar-refractivity contribution in [3.05, 3.63) is 83.3 Å². The lowest BCUT2D eigenvalue weighted by molar-refractivity contribution is -0.140. The van der Waals surface area contributed by atoms with E-state index < -0.39 is 17.7 Å². The third-order valence-corrected chi connectivity index (χ3v) is 6.96. The van der Waals surface area contributed by atoms with Gasteiger partial charge in [0.1, 0.15) is 23.7 Å². The fraction of sp³-hybridized carbons (Fsp3) is 0.345. The van der Waals surface area contributed by atoms with Gasteiger partial charge in [0, 0.05) is 19.3 Å². The van der Waals surface area contributed by atoms with Crippen molar-refractivity contribution in [3.8, 4) is 5.75 Å². The van der Waals surface area contributed by atoms with Crippen LogP contribution in [0.5, 0.6) is 5.75 Å². The summed E-state index contributed by atoms with van der Waals surface area (Å²) in [5.41, 5.74) is 3.38. The second-order valence-electron chi connectivity index (χ2n) is 9.12. The van der Waals surface area contributed by atoms with E-state index in [1.807, 2.05) is 48.7 Å². The van der Waals surface area contributed by atoms with Crippen LogP contribution in [-0.4, -0.2) is 68.8 Å². The van der Waals surface area contributed by atoms with Gasteiger partial charge in [0.2, 0.25) is 0 Å². The van der Waals surface area contributed by atoms with Gasteiger partial charge in [-0.15, -0.1) is 0 Å². The van der Waals surface area contributed by atoms with Crippen LogP contribution in [0.4, 0.5) is 0 Å². The first kappa shape index (κ1) is 26.2.